The third kappa shape index (κ3) is 4.43. The first kappa shape index (κ1) is 19.3. The van der Waals surface area contributed by atoms with E-state index in [0.29, 0.717) is 18.2 Å². The summed E-state index contributed by atoms with van der Waals surface area (Å²) >= 11 is 0. The van der Waals surface area contributed by atoms with Crippen LogP contribution < -0.4 is 4.90 Å². The fraction of sp³-hybridized carbons (Fsp3) is 0.524. The third-order valence-corrected chi connectivity index (χ3v) is 4.88. The van der Waals surface area contributed by atoms with Crippen LogP contribution in [0.25, 0.3) is 0 Å². The van der Waals surface area contributed by atoms with Gasteiger partial charge in [0.2, 0.25) is 0 Å². The highest BCUT2D eigenvalue weighted by Gasteiger charge is 2.46. The van der Waals surface area contributed by atoms with Gasteiger partial charge >= 0.3 is 6.09 Å². The maximum absolute atomic E-state index is 12.4. The predicted octanol–water partition coefficient (Wildman–Crippen LogP) is 3.14. The Labute approximate surface area is 161 Å². The Morgan fingerprint density at radius 3 is 2.30 bits per heavy atom. The summed E-state index contributed by atoms with van der Waals surface area (Å²) in [5.41, 5.74) is 1.30. The molecule has 1 aromatic rings. The molecule has 2 fully saturated rings. The molecule has 0 N–H and O–H groups in total. The number of hydrogen-bond acceptors (Lipinski definition) is 5. The van der Waals surface area contributed by atoms with Crippen molar-refractivity contribution < 1.29 is 14.3 Å². The number of anilines is 1. The van der Waals surface area contributed by atoms with E-state index in [1.165, 1.54) is 0 Å². The van der Waals surface area contributed by atoms with Crippen molar-refractivity contribution in [3.8, 4) is 0 Å². The molecule has 2 bridgehead atoms. The molecule has 0 radical (unpaired) electrons. The van der Waals surface area contributed by atoms with Crippen molar-refractivity contribution in [3.63, 3.8) is 0 Å². The molecule has 27 heavy (non-hydrogen) atoms. The smallest absolute Gasteiger partial charge is 0.410 e. The van der Waals surface area contributed by atoms with Gasteiger partial charge in [-0.25, -0.2) is 4.79 Å². The lowest BCUT2D eigenvalue weighted by Gasteiger charge is -2.36. The number of hydrogen-bond donors (Lipinski definition) is 0. The minimum Gasteiger partial charge on any atom is -0.444 e. The molecular weight excluding hydrogens is 342 g/mol. The van der Waals surface area contributed by atoms with E-state index in [-0.39, 0.29) is 17.9 Å². The van der Waals surface area contributed by atoms with E-state index in [9.17, 15) is 9.59 Å². The van der Waals surface area contributed by atoms with E-state index in [0.717, 1.165) is 18.7 Å². The average Bonchev–Trinajstić information content (AvgIpc) is 3.19. The van der Waals surface area contributed by atoms with Gasteiger partial charge in [0.15, 0.2) is 5.78 Å². The number of amides is 1. The summed E-state index contributed by atoms with van der Waals surface area (Å²) in [5.74, 6) is -0.00528. The molecule has 0 saturated carbocycles. The number of nitrogens with zero attached hydrogens (tertiary/aromatic N) is 3. The molecule has 2 heterocycles. The molecule has 2 saturated heterocycles. The number of rotatable bonds is 4. The van der Waals surface area contributed by atoms with Crippen LogP contribution in [0.15, 0.2) is 36.5 Å². The van der Waals surface area contributed by atoms with Crippen LogP contribution in [-0.4, -0.2) is 66.5 Å². The average molecular weight is 371 g/mol. The summed E-state index contributed by atoms with van der Waals surface area (Å²) in [4.78, 5) is 30.5. The largest absolute Gasteiger partial charge is 0.444 e. The van der Waals surface area contributed by atoms with Gasteiger partial charge in [0.25, 0.3) is 0 Å². The van der Waals surface area contributed by atoms with E-state index in [1.807, 2.05) is 68.9 Å². The molecule has 6 nitrogen and oxygen atoms in total. The quantitative estimate of drug-likeness (QED) is 0.601. The molecule has 0 spiro atoms. The van der Waals surface area contributed by atoms with E-state index >= 15 is 0 Å². The second-order valence-corrected chi connectivity index (χ2v) is 8.52. The number of piperazine rings is 1. The van der Waals surface area contributed by atoms with Gasteiger partial charge in [-0.1, -0.05) is 0 Å². The first-order chi connectivity index (χ1) is 12.6. The van der Waals surface area contributed by atoms with Crippen LogP contribution >= 0.6 is 0 Å². The zero-order valence-electron chi connectivity index (χ0n) is 16.8. The van der Waals surface area contributed by atoms with Crippen molar-refractivity contribution in [1.29, 1.82) is 0 Å². The lowest BCUT2D eigenvalue weighted by Crippen LogP contribution is -2.50. The van der Waals surface area contributed by atoms with Crippen molar-refractivity contribution in [2.45, 2.75) is 44.9 Å². The summed E-state index contributed by atoms with van der Waals surface area (Å²) in [6.45, 7) is 7.16. The van der Waals surface area contributed by atoms with Crippen LogP contribution in [0.5, 0.6) is 0 Å². The molecular formula is C21H29N3O3. The number of likely N-dealkylation sites (tertiary alicyclic amines) is 1. The fourth-order valence-corrected chi connectivity index (χ4v) is 3.66. The Kier molecular flexibility index (Phi) is 5.18. The minimum atomic E-state index is -0.470. The van der Waals surface area contributed by atoms with Gasteiger partial charge < -0.3 is 19.4 Å². The number of carbonyl (C=O) groups excluding carboxylic acids is 2. The number of fused-ring (bicyclic) bond motifs is 2. The van der Waals surface area contributed by atoms with Crippen LogP contribution in [0.1, 0.15) is 37.6 Å². The molecule has 1 amide bonds. The highest BCUT2D eigenvalue weighted by molar-refractivity contribution is 6.04. The number of ketones is 1. The first-order valence-corrected chi connectivity index (χ1v) is 9.39. The number of allylic oxidation sites excluding steroid dienone is 1. The van der Waals surface area contributed by atoms with Crippen molar-refractivity contribution >= 4 is 17.6 Å². The van der Waals surface area contributed by atoms with Gasteiger partial charge in [0, 0.05) is 56.8 Å². The topological polar surface area (TPSA) is 53.1 Å². The summed E-state index contributed by atoms with van der Waals surface area (Å²) in [7, 11) is 3.77. The molecule has 3 rings (SSSR count). The van der Waals surface area contributed by atoms with Gasteiger partial charge in [0.1, 0.15) is 5.60 Å². The van der Waals surface area contributed by atoms with E-state index in [4.69, 9.17) is 4.74 Å². The zero-order valence-corrected chi connectivity index (χ0v) is 16.8. The Morgan fingerprint density at radius 1 is 1.11 bits per heavy atom. The van der Waals surface area contributed by atoms with Gasteiger partial charge in [0.05, 0.1) is 6.04 Å². The van der Waals surface area contributed by atoms with Gasteiger partial charge in [-0.3, -0.25) is 4.79 Å². The molecule has 0 aromatic heterocycles. The Bertz CT molecular complexity index is 734. The first-order valence-electron chi connectivity index (χ1n) is 9.39. The maximum atomic E-state index is 12.4. The molecule has 2 aliphatic heterocycles. The van der Waals surface area contributed by atoms with Gasteiger partial charge in [-0.15, -0.1) is 0 Å². The predicted molar refractivity (Wildman–Crippen MR) is 106 cm³/mol. The number of carbonyl (C=O) groups is 2. The highest BCUT2D eigenvalue weighted by Crippen LogP contribution is 2.35. The molecule has 146 valence electrons. The van der Waals surface area contributed by atoms with Gasteiger partial charge in [-0.2, -0.15) is 0 Å². The van der Waals surface area contributed by atoms with Crippen molar-refractivity contribution in [3.05, 3.63) is 42.1 Å². The monoisotopic (exact) mass is 371 g/mol. The normalized spacial score (nSPS) is 21.8. The van der Waals surface area contributed by atoms with E-state index < -0.39 is 5.60 Å². The molecule has 1 aromatic carbocycles. The third-order valence-electron chi connectivity index (χ3n) is 4.88. The lowest BCUT2D eigenvalue weighted by molar-refractivity contribution is 0.0214. The number of ether oxygens (including phenoxy) is 1. The van der Waals surface area contributed by atoms with Crippen LogP contribution in [0.3, 0.4) is 0 Å². The lowest BCUT2D eigenvalue weighted by atomic mass is 10.1. The van der Waals surface area contributed by atoms with Crippen LogP contribution in [0, 0.1) is 0 Å². The zero-order chi connectivity index (χ0) is 19.8. The maximum Gasteiger partial charge on any atom is 0.410 e. The molecule has 6 heteroatoms. The number of benzene rings is 1. The van der Waals surface area contributed by atoms with E-state index in [2.05, 4.69) is 4.90 Å². The highest BCUT2D eigenvalue weighted by atomic mass is 16.6. The summed E-state index contributed by atoms with van der Waals surface area (Å²) < 4.78 is 5.52. The van der Waals surface area contributed by atoms with Crippen LogP contribution in [0.2, 0.25) is 0 Å². The Morgan fingerprint density at radius 2 is 1.78 bits per heavy atom. The SMILES string of the molecule is CN(C)C=CC(=O)c1ccc(N2CC3CC2CN3C(=O)OC(C)(C)C)cc1. The van der Waals surface area contributed by atoms with Crippen molar-refractivity contribution in [2.24, 2.45) is 0 Å². The van der Waals surface area contributed by atoms with Crippen molar-refractivity contribution in [1.82, 2.24) is 9.80 Å². The molecule has 2 aliphatic rings. The Balaban J connectivity index is 1.62. The summed E-state index contributed by atoms with van der Waals surface area (Å²) in [5, 5.41) is 0. The van der Waals surface area contributed by atoms with Crippen LogP contribution in [-0.2, 0) is 4.74 Å². The second-order valence-electron chi connectivity index (χ2n) is 8.52. The molecule has 2 unspecified atom stereocenters. The van der Waals surface area contributed by atoms with Crippen LogP contribution in [0.4, 0.5) is 10.5 Å². The molecule has 2 atom stereocenters. The standard InChI is InChI=1S/C21H29N3O3/c1-21(2,3)27-20(26)24-14-17-12-18(24)13-23(17)16-8-6-15(7-9-16)19(25)10-11-22(4)5/h6-11,17-18H,12-14H2,1-5H3. The van der Waals surface area contributed by atoms with Gasteiger partial charge in [-0.05, 0) is 51.5 Å². The fourth-order valence-electron chi connectivity index (χ4n) is 3.66. The Hall–Kier alpha value is -2.50. The molecule has 0 aliphatic carbocycles. The second kappa shape index (κ2) is 7.25. The minimum absolute atomic E-state index is 0.00528. The van der Waals surface area contributed by atoms with E-state index in [1.54, 1.807) is 12.3 Å². The van der Waals surface area contributed by atoms with Crippen molar-refractivity contribution in [2.75, 3.05) is 32.1 Å². The summed E-state index contributed by atoms with van der Waals surface area (Å²) in [6, 6.07) is 8.22. The summed E-state index contributed by atoms with van der Waals surface area (Å²) in [6.07, 6.45) is 4.07.